The first-order valence-corrected chi connectivity index (χ1v) is 5.51. The van der Waals surface area contributed by atoms with Gasteiger partial charge in [0, 0.05) is 26.3 Å². The van der Waals surface area contributed by atoms with Gasteiger partial charge in [-0.1, -0.05) is 32.9 Å². The third-order valence-electron chi connectivity index (χ3n) is 2.61. The Kier molecular flexibility index (Phi) is 6.40. The van der Waals surface area contributed by atoms with Crippen LogP contribution in [0.2, 0.25) is 0 Å². The first-order chi connectivity index (χ1) is 7.57. The van der Waals surface area contributed by atoms with Gasteiger partial charge in [-0.3, -0.25) is 0 Å². The first-order valence-electron chi connectivity index (χ1n) is 5.51. The van der Waals surface area contributed by atoms with Crippen molar-refractivity contribution in [3.8, 4) is 11.3 Å². The Morgan fingerprint density at radius 1 is 1.06 bits per heavy atom. The summed E-state index contributed by atoms with van der Waals surface area (Å²) in [6, 6.07) is 15.3. The van der Waals surface area contributed by atoms with Gasteiger partial charge < -0.3 is 10.5 Å². The van der Waals surface area contributed by atoms with Crippen LogP contribution in [0.25, 0.3) is 11.3 Å². The van der Waals surface area contributed by atoms with Crippen molar-refractivity contribution in [1.82, 2.24) is 4.98 Å². The molecule has 0 aliphatic heterocycles. The molecule has 0 aliphatic carbocycles. The van der Waals surface area contributed by atoms with Crippen LogP contribution in [-0.4, -0.2) is 10.5 Å². The molecule has 2 N–H and O–H groups in total. The van der Waals surface area contributed by atoms with Gasteiger partial charge in [0.15, 0.2) is 0 Å². The fourth-order valence-electron chi connectivity index (χ4n) is 1.55. The van der Waals surface area contributed by atoms with Crippen LogP contribution in [0.15, 0.2) is 42.6 Å². The molecule has 3 heteroatoms. The van der Waals surface area contributed by atoms with Gasteiger partial charge in [0.05, 0.1) is 0 Å². The summed E-state index contributed by atoms with van der Waals surface area (Å²) in [7, 11) is 0. The summed E-state index contributed by atoms with van der Waals surface area (Å²) in [5.41, 5.74) is 3.44. The maximum absolute atomic E-state index is 4.48. The fourth-order valence-corrected chi connectivity index (χ4v) is 1.55. The Balaban J connectivity index is 0.00000144. The van der Waals surface area contributed by atoms with Gasteiger partial charge >= 0.3 is 0 Å². The summed E-state index contributed by atoms with van der Waals surface area (Å²) in [4.78, 5) is 4.48. The number of pyridine rings is 1. The third kappa shape index (κ3) is 4.02. The topological polar surface area (TPSA) is 44.4 Å². The molecule has 0 bridgehead atoms. The summed E-state index contributed by atoms with van der Waals surface area (Å²) >= 11 is 0. The van der Waals surface area contributed by atoms with Gasteiger partial charge in [-0.05, 0) is 16.7 Å². The minimum absolute atomic E-state index is 0. The zero-order chi connectivity index (χ0) is 11.6. The van der Waals surface area contributed by atoms with Crippen molar-refractivity contribution in [3.05, 3.63) is 54.2 Å². The zero-order valence-corrected chi connectivity index (χ0v) is 13.2. The molecular weight excluding hydrogens is 402 g/mol. The molecule has 99 valence electrons. The van der Waals surface area contributed by atoms with Gasteiger partial charge in [-0.25, -0.2) is 0 Å². The predicted octanol–water partition coefficient (Wildman–Crippen LogP) is 3.02. The number of hydrogen-bond donors (Lipinski definition) is 0. The van der Waals surface area contributed by atoms with E-state index in [9.17, 15) is 0 Å². The molecule has 0 unspecified atom stereocenters. The molecule has 0 aliphatic rings. The maximum atomic E-state index is 4.48. The van der Waals surface area contributed by atoms with E-state index in [4.69, 9.17) is 0 Å². The van der Waals surface area contributed by atoms with E-state index in [0.717, 1.165) is 11.3 Å². The average molecular weight is 421 g/mol. The minimum Gasteiger partial charge on any atom is -0.412 e. The van der Waals surface area contributed by atoms with Crippen molar-refractivity contribution in [1.29, 1.82) is 0 Å². The Morgan fingerprint density at radius 2 is 1.78 bits per heavy atom. The molecule has 0 saturated carbocycles. The molecular formula is C15H18IrNO-. The number of rotatable bonds is 1. The van der Waals surface area contributed by atoms with E-state index in [1.54, 1.807) is 0 Å². The summed E-state index contributed by atoms with van der Waals surface area (Å²) in [6.45, 7) is 6.58. The van der Waals surface area contributed by atoms with E-state index in [1.165, 1.54) is 5.56 Å². The molecule has 1 heterocycles. The van der Waals surface area contributed by atoms with E-state index in [0.29, 0.717) is 0 Å². The largest absolute Gasteiger partial charge is 0.412 e. The SMILES string of the molecule is CC(C)(C)c1ccc(-c2[c-]cccc2)nc1.O.[Ir]. The Morgan fingerprint density at radius 3 is 2.22 bits per heavy atom. The molecule has 2 aromatic rings. The Bertz CT molecular complexity index is 460. The molecule has 1 radical (unpaired) electrons. The van der Waals surface area contributed by atoms with Crippen LogP contribution in [0, 0.1) is 6.07 Å². The molecule has 0 saturated heterocycles. The van der Waals surface area contributed by atoms with Crippen LogP contribution in [0.3, 0.4) is 0 Å². The summed E-state index contributed by atoms with van der Waals surface area (Å²) in [6.07, 6.45) is 1.95. The van der Waals surface area contributed by atoms with Crippen molar-refractivity contribution in [2.45, 2.75) is 26.2 Å². The van der Waals surface area contributed by atoms with Crippen LogP contribution in [0.4, 0.5) is 0 Å². The number of benzene rings is 1. The van der Waals surface area contributed by atoms with E-state index >= 15 is 0 Å². The summed E-state index contributed by atoms with van der Waals surface area (Å²) < 4.78 is 0. The van der Waals surface area contributed by atoms with Gasteiger partial charge in [0.1, 0.15) is 0 Å². The van der Waals surface area contributed by atoms with Gasteiger partial charge in [-0.2, -0.15) is 0 Å². The van der Waals surface area contributed by atoms with Crippen molar-refractivity contribution < 1.29 is 25.6 Å². The monoisotopic (exact) mass is 421 g/mol. The van der Waals surface area contributed by atoms with Crippen LogP contribution >= 0.6 is 0 Å². The van der Waals surface area contributed by atoms with E-state index < -0.39 is 0 Å². The zero-order valence-electron chi connectivity index (χ0n) is 10.8. The molecule has 1 aromatic heterocycles. The second-order valence-corrected chi connectivity index (χ2v) is 4.96. The van der Waals surface area contributed by atoms with Crippen molar-refractivity contribution in [2.24, 2.45) is 0 Å². The van der Waals surface area contributed by atoms with Crippen molar-refractivity contribution >= 4 is 0 Å². The van der Waals surface area contributed by atoms with Crippen LogP contribution < -0.4 is 0 Å². The molecule has 0 atom stereocenters. The minimum atomic E-state index is 0. The van der Waals surface area contributed by atoms with Crippen LogP contribution in [0.5, 0.6) is 0 Å². The standard InChI is InChI=1S/C15H16N.Ir.H2O/c1-15(2,3)13-9-10-14(16-11-13)12-7-5-4-6-8-12;;/h4-7,9-11H,1-3H3;;1H2/q-1;;. The molecule has 2 rings (SSSR count). The van der Waals surface area contributed by atoms with E-state index in [-0.39, 0.29) is 31.0 Å². The number of hydrogen-bond acceptors (Lipinski definition) is 1. The predicted molar refractivity (Wildman–Crippen MR) is 70.8 cm³/mol. The van der Waals surface area contributed by atoms with Crippen LogP contribution in [0.1, 0.15) is 26.3 Å². The molecule has 0 fully saturated rings. The van der Waals surface area contributed by atoms with Crippen LogP contribution in [-0.2, 0) is 25.5 Å². The number of aromatic nitrogens is 1. The second-order valence-electron chi connectivity index (χ2n) is 4.96. The smallest absolute Gasteiger partial charge is 0.0198 e. The molecule has 0 spiro atoms. The maximum Gasteiger partial charge on any atom is 0.0198 e. The van der Waals surface area contributed by atoms with Crippen molar-refractivity contribution in [3.63, 3.8) is 0 Å². The Labute approximate surface area is 122 Å². The summed E-state index contributed by atoms with van der Waals surface area (Å²) in [5.74, 6) is 0. The fraction of sp³-hybridized carbons (Fsp3) is 0.267. The van der Waals surface area contributed by atoms with E-state index in [1.807, 2.05) is 30.5 Å². The second kappa shape index (κ2) is 6.79. The molecule has 0 amide bonds. The summed E-state index contributed by atoms with van der Waals surface area (Å²) in [5, 5.41) is 0. The normalized spacial score (nSPS) is 10.2. The third-order valence-corrected chi connectivity index (χ3v) is 2.61. The number of nitrogens with zero attached hydrogens (tertiary/aromatic N) is 1. The van der Waals surface area contributed by atoms with Gasteiger partial charge in [-0.15, -0.1) is 35.9 Å². The average Bonchev–Trinajstić information content (AvgIpc) is 2.29. The molecule has 2 nitrogen and oxygen atoms in total. The Hall–Kier alpha value is -1.02. The van der Waals surface area contributed by atoms with Crippen molar-refractivity contribution in [2.75, 3.05) is 0 Å². The first kappa shape index (κ1) is 17.0. The van der Waals surface area contributed by atoms with Gasteiger partial charge in [0.25, 0.3) is 0 Å². The van der Waals surface area contributed by atoms with Gasteiger partial charge in [0.2, 0.25) is 0 Å². The van der Waals surface area contributed by atoms with E-state index in [2.05, 4.69) is 44.0 Å². The molecule has 1 aromatic carbocycles. The quantitative estimate of drug-likeness (QED) is 0.654. The molecule has 18 heavy (non-hydrogen) atoms.